The monoisotopic (exact) mass is 349 g/mol. The number of ether oxygens (including phenoxy) is 1. The fourth-order valence-electron chi connectivity index (χ4n) is 2.97. The lowest BCUT2D eigenvalue weighted by Crippen LogP contribution is -2.42. The number of unbranched alkanes of at least 4 members (excludes halogenated alkanes) is 1. The summed E-state index contributed by atoms with van der Waals surface area (Å²) in [5.41, 5.74) is 1.24. The maximum absolute atomic E-state index is 5.71. The molecule has 1 aromatic rings. The van der Waals surface area contributed by atoms with Crippen LogP contribution in [0.2, 0.25) is 0 Å². The maximum atomic E-state index is 5.71. The number of guanidine groups is 1. The van der Waals surface area contributed by atoms with Gasteiger partial charge in [0, 0.05) is 31.5 Å². The number of nitrogens with zero attached hydrogens (tertiary/aromatic N) is 1. The minimum Gasteiger partial charge on any atom is -0.377 e. The van der Waals surface area contributed by atoms with Gasteiger partial charge in [0.2, 0.25) is 0 Å². The predicted octanol–water partition coefficient (Wildman–Crippen LogP) is 3.43. The van der Waals surface area contributed by atoms with Crippen molar-refractivity contribution in [3.05, 3.63) is 35.9 Å². The van der Waals surface area contributed by atoms with Crippen LogP contribution < -0.4 is 10.6 Å². The molecule has 2 unspecified atom stereocenters. The van der Waals surface area contributed by atoms with Crippen LogP contribution in [0.25, 0.3) is 0 Å². The number of nitrogens with one attached hydrogen (secondary N) is 2. The van der Waals surface area contributed by atoms with E-state index in [1.54, 1.807) is 0 Å². The van der Waals surface area contributed by atoms with E-state index in [1.165, 1.54) is 24.8 Å². The molecule has 2 atom stereocenters. The zero-order chi connectivity index (χ0) is 17.0. The summed E-state index contributed by atoms with van der Waals surface area (Å²) in [4.78, 5) is 4.33. The first kappa shape index (κ1) is 19.1. The second-order valence-electron chi connectivity index (χ2n) is 6.26. The quantitative estimate of drug-likeness (QED) is 0.407. The number of aliphatic imine (C=N–C) groups is 1. The van der Waals surface area contributed by atoms with Gasteiger partial charge in [0.05, 0.1) is 6.61 Å². The summed E-state index contributed by atoms with van der Waals surface area (Å²) in [6.07, 6.45) is 8.17. The largest absolute Gasteiger partial charge is 0.377 e. The van der Waals surface area contributed by atoms with Crippen molar-refractivity contribution in [3.63, 3.8) is 0 Å². The minimum absolute atomic E-state index is 0.572. The lowest BCUT2D eigenvalue weighted by molar-refractivity contribution is 0.117. The van der Waals surface area contributed by atoms with Gasteiger partial charge in [-0.25, -0.2) is 0 Å². The fraction of sp³-hybridized carbons (Fsp3) is 0.632. The van der Waals surface area contributed by atoms with Gasteiger partial charge in [-0.3, -0.25) is 4.99 Å². The van der Waals surface area contributed by atoms with Gasteiger partial charge in [-0.1, -0.05) is 30.3 Å². The average molecular weight is 350 g/mol. The van der Waals surface area contributed by atoms with E-state index < -0.39 is 0 Å². The summed E-state index contributed by atoms with van der Waals surface area (Å²) in [5.74, 6) is 0.937. The molecule has 0 amide bonds. The molecule has 0 saturated heterocycles. The van der Waals surface area contributed by atoms with E-state index in [0.29, 0.717) is 12.6 Å². The van der Waals surface area contributed by atoms with Crippen molar-refractivity contribution in [2.75, 3.05) is 26.5 Å². The molecule has 2 rings (SSSR count). The molecule has 0 aromatic heterocycles. The van der Waals surface area contributed by atoms with Crippen molar-refractivity contribution in [1.29, 1.82) is 0 Å². The third kappa shape index (κ3) is 7.14. The Kier molecular flexibility index (Phi) is 9.06. The topological polar surface area (TPSA) is 45.7 Å². The summed E-state index contributed by atoms with van der Waals surface area (Å²) in [6.45, 7) is 2.45. The van der Waals surface area contributed by atoms with E-state index in [4.69, 9.17) is 4.74 Å². The summed E-state index contributed by atoms with van der Waals surface area (Å²) in [7, 11) is 1.85. The zero-order valence-corrected chi connectivity index (χ0v) is 15.8. The molecular weight excluding hydrogens is 318 g/mol. The molecule has 2 N–H and O–H groups in total. The number of thioether (sulfide) groups is 1. The molecule has 1 saturated carbocycles. The van der Waals surface area contributed by atoms with Gasteiger partial charge in [0.1, 0.15) is 0 Å². The van der Waals surface area contributed by atoms with Crippen LogP contribution in [-0.2, 0) is 11.3 Å². The number of hydrogen-bond donors (Lipinski definition) is 2. The summed E-state index contributed by atoms with van der Waals surface area (Å²) in [6, 6.07) is 10.9. The van der Waals surface area contributed by atoms with Crippen LogP contribution in [0.3, 0.4) is 0 Å². The normalized spacial score (nSPS) is 21.0. The Bertz CT molecular complexity index is 481. The smallest absolute Gasteiger partial charge is 0.191 e. The Labute approximate surface area is 150 Å². The van der Waals surface area contributed by atoms with E-state index in [0.717, 1.165) is 37.2 Å². The second-order valence-corrected chi connectivity index (χ2v) is 7.39. The fourth-order valence-corrected chi connectivity index (χ4v) is 3.77. The third-order valence-corrected chi connectivity index (χ3v) is 5.50. The standard InChI is InChI=1S/C19H31N3OS/c1-20-19(22-17-10-11-18(14-17)24-2)21-12-6-7-13-23-15-16-8-4-3-5-9-16/h3-5,8-9,17-18H,6-7,10-15H2,1-2H3,(H2,20,21,22). The molecule has 4 nitrogen and oxygen atoms in total. The van der Waals surface area contributed by atoms with Crippen LogP contribution in [0.1, 0.15) is 37.7 Å². The second kappa shape index (κ2) is 11.4. The van der Waals surface area contributed by atoms with Gasteiger partial charge in [-0.2, -0.15) is 11.8 Å². The molecule has 0 aliphatic heterocycles. The van der Waals surface area contributed by atoms with Crippen LogP contribution in [0.4, 0.5) is 0 Å². The Morgan fingerprint density at radius 1 is 1.25 bits per heavy atom. The first-order valence-electron chi connectivity index (χ1n) is 8.93. The van der Waals surface area contributed by atoms with Crippen molar-refractivity contribution in [2.45, 2.75) is 50.0 Å². The van der Waals surface area contributed by atoms with Gasteiger partial charge in [-0.05, 0) is 43.9 Å². The lowest BCUT2D eigenvalue weighted by Gasteiger charge is -2.17. The highest BCUT2D eigenvalue weighted by atomic mass is 32.2. The van der Waals surface area contributed by atoms with Gasteiger partial charge < -0.3 is 15.4 Å². The third-order valence-electron chi connectivity index (χ3n) is 4.40. The summed E-state index contributed by atoms with van der Waals surface area (Å²) >= 11 is 1.98. The van der Waals surface area contributed by atoms with E-state index in [2.05, 4.69) is 34.0 Å². The zero-order valence-electron chi connectivity index (χ0n) is 15.0. The molecule has 0 spiro atoms. The highest BCUT2D eigenvalue weighted by Gasteiger charge is 2.24. The van der Waals surface area contributed by atoms with Crippen molar-refractivity contribution in [2.24, 2.45) is 4.99 Å². The highest BCUT2D eigenvalue weighted by Crippen LogP contribution is 2.27. The minimum atomic E-state index is 0.572. The Morgan fingerprint density at radius 3 is 2.79 bits per heavy atom. The number of benzene rings is 1. The van der Waals surface area contributed by atoms with Crippen LogP contribution in [0, 0.1) is 0 Å². The van der Waals surface area contributed by atoms with E-state index >= 15 is 0 Å². The van der Waals surface area contributed by atoms with Gasteiger partial charge in [-0.15, -0.1) is 0 Å². The lowest BCUT2D eigenvalue weighted by atomic mass is 10.2. The predicted molar refractivity (Wildman–Crippen MR) is 105 cm³/mol. The summed E-state index contributed by atoms with van der Waals surface area (Å²) in [5, 5.41) is 7.77. The van der Waals surface area contributed by atoms with Crippen LogP contribution in [-0.4, -0.2) is 43.7 Å². The van der Waals surface area contributed by atoms with Gasteiger partial charge in [0.15, 0.2) is 5.96 Å². The van der Waals surface area contributed by atoms with Crippen molar-refractivity contribution in [3.8, 4) is 0 Å². The molecule has 0 heterocycles. The van der Waals surface area contributed by atoms with Gasteiger partial charge in [0.25, 0.3) is 0 Å². The molecule has 134 valence electrons. The number of rotatable bonds is 9. The molecule has 5 heteroatoms. The highest BCUT2D eigenvalue weighted by molar-refractivity contribution is 7.99. The molecule has 0 bridgehead atoms. The van der Waals surface area contributed by atoms with Crippen LogP contribution in [0.15, 0.2) is 35.3 Å². The molecular formula is C19H31N3OS. The van der Waals surface area contributed by atoms with Crippen molar-refractivity contribution < 1.29 is 4.74 Å². The molecule has 1 aromatic carbocycles. The van der Waals surface area contributed by atoms with Crippen molar-refractivity contribution >= 4 is 17.7 Å². The van der Waals surface area contributed by atoms with E-state index in [1.807, 2.05) is 37.0 Å². The average Bonchev–Trinajstić information content (AvgIpc) is 3.08. The molecule has 1 aliphatic carbocycles. The Hall–Kier alpha value is -1.20. The first-order valence-corrected chi connectivity index (χ1v) is 10.2. The Morgan fingerprint density at radius 2 is 2.08 bits per heavy atom. The van der Waals surface area contributed by atoms with E-state index in [9.17, 15) is 0 Å². The molecule has 1 fully saturated rings. The number of hydrogen-bond acceptors (Lipinski definition) is 3. The summed E-state index contributed by atoms with van der Waals surface area (Å²) < 4.78 is 5.71. The van der Waals surface area contributed by atoms with E-state index in [-0.39, 0.29) is 0 Å². The van der Waals surface area contributed by atoms with Crippen molar-refractivity contribution in [1.82, 2.24) is 10.6 Å². The first-order chi connectivity index (χ1) is 11.8. The maximum Gasteiger partial charge on any atom is 0.191 e. The van der Waals surface area contributed by atoms with Gasteiger partial charge >= 0.3 is 0 Å². The molecule has 24 heavy (non-hydrogen) atoms. The Balaban J connectivity index is 1.50. The van der Waals surface area contributed by atoms with Crippen LogP contribution >= 0.6 is 11.8 Å². The molecule has 1 aliphatic rings. The van der Waals surface area contributed by atoms with Crippen LogP contribution in [0.5, 0.6) is 0 Å². The molecule has 0 radical (unpaired) electrons. The SMILES string of the molecule is CN=C(NCCCCOCc1ccccc1)NC1CCC(SC)C1.